The molecule has 0 heterocycles. The Labute approximate surface area is 108 Å². The van der Waals surface area contributed by atoms with Crippen molar-refractivity contribution in [1.82, 2.24) is 0 Å². The molecule has 4 nitrogen and oxygen atoms in total. The molecule has 0 radical (unpaired) electrons. The zero-order valence-electron chi connectivity index (χ0n) is 11.1. The first kappa shape index (κ1) is 14.4. The van der Waals surface area contributed by atoms with E-state index in [1.54, 1.807) is 18.2 Å². The van der Waals surface area contributed by atoms with Crippen LogP contribution in [0.5, 0.6) is 5.75 Å². The van der Waals surface area contributed by atoms with Crippen LogP contribution in [0.4, 0.5) is 5.69 Å². The first-order valence-corrected chi connectivity index (χ1v) is 6.39. The van der Waals surface area contributed by atoms with Crippen molar-refractivity contribution < 1.29 is 14.3 Å². The lowest BCUT2D eigenvalue weighted by molar-refractivity contribution is 0.0506. The number of anilines is 1. The van der Waals surface area contributed by atoms with Gasteiger partial charge in [0, 0.05) is 0 Å². The largest absolute Gasteiger partial charge is 0.491 e. The summed E-state index contributed by atoms with van der Waals surface area (Å²) in [5.74, 6) is 0.157. The van der Waals surface area contributed by atoms with Gasteiger partial charge in [0.2, 0.25) is 0 Å². The van der Waals surface area contributed by atoms with Crippen molar-refractivity contribution in [2.45, 2.75) is 33.1 Å². The Kier molecular flexibility index (Phi) is 6.05. The van der Waals surface area contributed by atoms with Gasteiger partial charge in [0.15, 0.2) is 0 Å². The van der Waals surface area contributed by atoms with Gasteiger partial charge >= 0.3 is 5.97 Å². The summed E-state index contributed by atoms with van der Waals surface area (Å²) in [6, 6.07) is 5.17. The molecule has 0 saturated heterocycles. The second kappa shape index (κ2) is 7.58. The van der Waals surface area contributed by atoms with Crippen LogP contribution in [-0.4, -0.2) is 19.2 Å². The number of nitrogen functional groups attached to an aromatic ring is 1. The number of rotatable bonds is 7. The number of benzene rings is 1. The van der Waals surface area contributed by atoms with Crippen molar-refractivity contribution in [3.63, 3.8) is 0 Å². The lowest BCUT2D eigenvalue weighted by atomic mass is 10.1. The predicted molar refractivity (Wildman–Crippen MR) is 71.8 cm³/mol. The molecule has 18 heavy (non-hydrogen) atoms. The lowest BCUT2D eigenvalue weighted by Crippen LogP contribution is -2.10. The van der Waals surface area contributed by atoms with E-state index in [9.17, 15) is 4.79 Å². The molecule has 0 saturated carbocycles. The molecule has 0 unspecified atom stereocenters. The number of esters is 1. The number of hydrogen-bond acceptors (Lipinski definition) is 4. The molecule has 0 amide bonds. The van der Waals surface area contributed by atoms with Gasteiger partial charge < -0.3 is 15.2 Å². The molecule has 100 valence electrons. The zero-order chi connectivity index (χ0) is 13.4. The maximum Gasteiger partial charge on any atom is 0.340 e. The summed E-state index contributed by atoms with van der Waals surface area (Å²) in [6.45, 7) is 5.04. The van der Waals surface area contributed by atoms with Crippen molar-refractivity contribution in [2.24, 2.45) is 0 Å². The van der Waals surface area contributed by atoms with E-state index in [-0.39, 0.29) is 0 Å². The summed E-state index contributed by atoms with van der Waals surface area (Å²) in [5.41, 5.74) is 6.64. The third-order valence-corrected chi connectivity index (χ3v) is 2.48. The van der Waals surface area contributed by atoms with Gasteiger partial charge in [-0.3, -0.25) is 0 Å². The van der Waals surface area contributed by atoms with Crippen molar-refractivity contribution in [1.29, 1.82) is 0 Å². The minimum Gasteiger partial charge on any atom is -0.491 e. The van der Waals surface area contributed by atoms with E-state index in [0.717, 1.165) is 19.3 Å². The number of carbonyl (C=O) groups is 1. The van der Waals surface area contributed by atoms with Gasteiger partial charge in [0.05, 0.1) is 24.5 Å². The highest BCUT2D eigenvalue weighted by molar-refractivity contribution is 5.96. The zero-order valence-corrected chi connectivity index (χ0v) is 11.1. The van der Waals surface area contributed by atoms with Crippen LogP contribution in [0.25, 0.3) is 0 Å². The molecule has 0 aromatic heterocycles. The molecule has 1 aromatic rings. The normalized spacial score (nSPS) is 10.1. The Bertz CT molecular complexity index is 391. The third-order valence-electron chi connectivity index (χ3n) is 2.48. The van der Waals surface area contributed by atoms with Crippen LogP contribution >= 0.6 is 0 Å². The van der Waals surface area contributed by atoms with Crippen molar-refractivity contribution in [3.8, 4) is 5.75 Å². The van der Waals surface area contributed by atoms with Crippen LogP contribution in [0.2, 0.25) is 0 Å². The molecule has 0 aliphatic heterocycles. The number of ether oxygens (including phenoxy) is 2. The van der Waals surface area contributed by atoms with Gasteiger partial charge in [-0.05, 0) is 25.0 Å². The first-order chi connectivity index (χ1) is 8.70. The molecule has 0 aliphatic carbocycles. The number of hydrogen-bond donors (Lipinski definition) is 1. The molecule has 0 bridgehead atoms. The molecule has 0 fully saturated rings. The number of nitrogens with two attached hydrogens (primary N) is 1. The van der Waals surface area contributed by atoms with Crippen LogP contribution in [0.1, 0.15) is 43.5 Å². The van der Waals surface area contributed by atoms with Crippen LogP contribution in [-0.2, 0) is 4.74 Å². The topological polar surface area (TPSA) is 61.5 Å². The van der Waals surface area contributed by atoms with E-state index >= 15 is 0 Å². The van der Waals surface area contributed by atoms with Gasteiger partial charge in [-0.25, -0.2) is 4.79 Å². The summed E-state index contributed by atoms with van der Waals surface area (Å²) in [7, 11) is 0. The molecule has 0 aliphatic rings. The standard InChI is InChI=1S/C14H21NO3/c1-3-5-10-17-12-8-6-7-11(13(12)15)14(16)18-9-4-2/h6-8H,3-5,9-10,15H2,1-2H3. The van der Waals surface area contributed by atoms with E-state index in [0.29, 0.717) is 30.2 Å². The summed E-state index contributed by atoms with van der Waals surface area (Å²) in [4.78, 5) is 11.7. The smallest absolute Gasteiger partial charge is 0.340 e. The van der Waals surface area contributed by atoms with Crippen molar-refractivity contribution >= 4 is 11.7 Å². The average Bonchev–Trinajstić information content (AvgIpc) is 2.38. The fourth-order valence-corrected chi connectivity index (χ4v) is 1.45. The minimum atomic E-state index is -0.393. The van der Waals surface area contributed by atoms with Crippen LogP contribution in [0, 0.1) is 0 Å². The Hall–Kier alpha value is -1.71. The molecule has 4 heteroatoms. The molecular formula is C14H21NO3. The Morgan fingerprint density at radius 2 is 2.00 bits per heavy atom. The van der Waals surface area contributed by atoms with E-state index < -0.39 is 5.97 Å². The minimum absolute atomic E-state index is 0.356. The molecule has 2 N–H and O–H groups in total. The predicted octanol–water partition coefficient (Wildman–Crippen LogP) is 3.01. The number of unbranched alkanes of at least 4 members (excludes halogenated alkanes) is 1. The van der Waals surface area contributed by atoms with Crippen LogP contribution in [0.15, 0.2) is 18.2 Å². The Morgan fingerprint density at radius 1 is 1.22 bits per heavy atom. The van der Waals surface area contributed by atoms with Crippen LogP contribution < -0.4 is 10.5 Å². The average molecular weight is 251 g/mol. The molecule has 1 rings (SSSR count). The lowest BCUT2D eigenvalue weighted by Gasteiger charge is -2.11. The summed E-state index contributed by atoms with van der Waals surface area (Å²) >= 11 is 0. The van der Waals surface area contributed by atoms with Crippen molar-refractivity contribution in [2.75, 3.05) is 18.9 Å². The Balaban J connectivity index is 2.74. The van der Waals surface area contributed by atoms with E-state index in [1.807, 2.05) is 6.92 Å². The summed E-state index contributed by atoms with van der Waals surface area (Å²) in [6.07, 6.45) is 2.81. The summed E-state index contributed by atoms with van der Waals surface area (Å²) in [5, 5.41) is 0. The van der Waals surface area contributed by atoms with Gasteiger partial charge in [-0.1, -0.05) is 26.3 Å². The number of para-hydroxylation sites is 1. The van der Waals surface area contributed by atoms with Gasteiger partial charge in [0.1, 0.15) is 5.75 Å². The second-order valence-corrected chi connectivity index (χ2v) is 4.06. The second-order valence-electron chi connectivity index (χ2n) is 4.06. The first-order valence-electron chi connectivity index (χ1n) is 6.39. The van der Waals surface area contributed by atoms with E-state index in [2.05, 4.69) is 6.92 Å². The molecule has 0 spiro atoms. The SMILES string of the molecule is CCCCOc1cccc(C(=O)OCCC)c1N. The van der Waals surface area contributed by atoms with Crippen molar-refractivity contribution in [3.05, 3.63) is 23.8 Å². The van der Waals surface area contributed by atoms with Gasteiger partial charge in [-0.2, -0.15) is 0 Å². The maximum absolute atomic E-state index is 11.7. The molecule has 1 aromatic carbocycles. The monoisotopic (exact) mass is 251 g/mol. The quantitative estimate of drug-likeness (QED) is 0.459. The maximum atomic E-state index is 11.7. The molecular weight excluding hydrogens is 230 g/mol. The highest BCUT2D eigenvalue weighted by Crippen LogP contribution is 2.26. The fourth-order valence-electron chi connectivity index (χ4n) is 1.45. The molecule has 0 atom stereocenters. The highest BCUT2D eigenvalue weighted by atomic mass is 16.5. The van der Waals surface area contributed by atoms with E-state index in [4.69, 9.17) is 15.2 Å². The summed E-state index contributed by atoms with van der Waals surface area (Å²) < 4.78 is 10.6. The third kappa shape index (κ3) is 3.95. The fraction of sp³-hybridized carbons (Fsp3) is 0.500. The van der Waals surface area contributed by atoms with Gasteiger partial charge in [0.25, 0.3) is 0 Å². The highest BCUT2D eigenvalue weighted by Gasteiger charge is 2.14. The number of carbonyl (C=O) groups excluding carboxylic acids is 1. The van der Waals surface area contributed by atoms with Gasteiger partial charge in [-0.15, -0.1) is 0 Å². The van der Waals surface area contributed by atoms with Crippen LogP contribution in [0.3, 0.4) is 0 Å². The van der Waals surface area contributed by atoms with E-state index in [1.165, 1.54) is 0 Å². The Morgan fingerprint density at radius 3 is 2.67 bits per heavy atom.